The first-order chi connectivity index (χ1) is 6.60. The zero-order valence-corrected chi connectivity index (χ0v) is 9.80. The molecule has 0 saturated carbocycles. The summed E-state index contributed by atoms with van der Waals surface area (Å²) in [4.78, 5) is 19.1. The molecule has 0 saturated heterocycles. The third-order valence-electron chi connectivity index (χ3n) is 1.44. The lowest BCUT2D eigenvalue weighted by Crippen LogP contribution is -2.19. The minimum atomic E-state index is -0.396. The van der Waals surface area contributed by atoms with Crippen molar-refractivity contribution in [1.82, 2.24) is 15.3 Å². The normalized spacial score (nSPS) is 10.0. The van der Waals surface area contributed by atoms with E-state index < -0.39 is 5.91 Å². The van der Waals surface area contributed by atoms with Gasteiger partial charge in [-0.15, -0.1) is 0 Å². The van der Waals surface area contributed by atoms with Crippen molar-refractivity contribution >= 4 is 40.9 Å². The first-order valence-corrected chi connectivity index (χ1v) is 5.57. The van der Waals surface area contributed by atoms with Gasteiger partial charge in [-0.1, -0.05) is 35.0 Å². The molecule has 1 aromatic rings. The van der Waals surface area contributed by atoms with Gasteiger partial charge in [0.1, 0.15) is 15.9 Å². The minimum absolute atomic E-state index is 0.0636. The second kappa shape index (κ2) is 4.82. The second-order valence-electron chi connectivity index (χ2n) is 2.25. The molecule has 0 radical (unpaired) electrons. The number of carbonyl (C=O) groups excluding carboxylic acids is 1. The van der Waals surface area contributed by atoms with Gasteiger partial charge in [-0.25, -0.2) is 9.97 Å². The van der Waals surface area contributed by atoms with Crippen LogP contribution in [0.4, 0.5) is 0 Å². The van der Waals surface area contributed by atoms with Crippen LogP contribution in [-0.4, -0.2) is 29.2 Å². The molecule has 0 atom stereocenters. The number of nitrogens with one attached hydrogen (secondary N) is 1. The summed E-state index contributed by atoms with van der Waals surface area (Å²) in [5.41, 5.74) is 0.105. The maximum atomic E-state index is 11.3. The number of hydrogen-bond donors (Lipinski definition) is 1. The number of aromatic nitrogens is 2. The zero-order valence-electron chi connectivity index (χ0n) is 7.47. The van der Waals surface area contributed by atoms with Crippen LogP contribution >= 0.6 is 35.0 Å². The quantitative estimate of drug-likeness (QED) is 0.496. The predicted octanol–water partition coefficient (Wildman–Crippen LogP) is 1.86. The lowest BCUT2D eigenvalue weighted by molar-refractivity contribution is 0.0962. The van der Waals surface area contributed by atoms with Crippen LogP contribution in [0.15, 0.2) is 5.16 Å². The average molecular weight is 252 g/mol. The van der Waals surface area contributed by atoms with Gasteiger partial charge in [-0.3, -0.25) is 4.79 Å². The molecule has 0 spiro atoms. The Kier molecular flexibility index (Phi) is 3.97. The Balaban J connectivity index is 3.25. The lowest BCUT2D eigenvalue weighted by atomic mass is 10.3. The van der Waals surface area contributed by atoms with E-state index >= 15 is 0 Å². The number of halogens is 2. The molecule has 14 heavy (non-hydrogen) atoms. The fourth-order valence-corrected chi connectivity index (χ4v) is 1.82. The molecule has 1 aromatic heterocycles. The average Bonchev–Trinajstić information content (AvgIpc) is 2.16. The van der Waals surface area contributed by atoms with Crippen molar-refractivity contribution in [3.05, 3.63) is 15.9 Å². The molecule has 1 amide bonds. The highest BCUT2D eigenvalue weighted by Gasteiger charge is 2.17. The largest absolute Gasteiger partial charge is 0.355 e. The first kappa shape index (κ1) is 11.6. The summed E-state index contributed by atoms with van der Waals surface area (Å²) >= 11 is 12.9. The van der Waals surface area contributed by atoms with Gasteiger partial charge in [0.25, 0.3) is 5.91 Å². The van der Waals surface area contributed by atoms with E-state index in [9.17, 15) is 4.79 Å². The van der Waals surface area contributed by atoms with Crippen molar-refractivity contribution in [2.75, 3.05) is 13.3 Å². The number of thioether (sulfide) groups is 1. The molecular weight excluding hydrogens is 245 g/mol. The maximum Gasteiger partial charge on any atom is 0.257 e. The van der Waals surface area contributed by atoms with Crippen molar-refractivity contribution in [1.29, 1.82) is 0 Å². The van der Waals surface area contributed by atoms with Crippen LogP contribution in [0.5, 0.6) is 0 Å². The van der Waals surface area contributed by atoms with E-state index in [0.29, 0.717) is 5.16 Å². The van der Waals surface area contributed by atoms with Crippen LogP contribution in [0, 0.1) is 0 Å². The van der Waals surface area contributed by atoms with Crippen molar-refractivity contribution in [3.8, 4) is 0 Å². The van der Waals surface area contributed by atoms with Crippen LogP contribution in [-0.2, 0) is 0 Å². The first-order valence-electron chi connectivity index (χ1n) is 3.59. The van der Waals surface area contributed by atoms with Crippen LogP contribution in [0.1, 0.15) is 10.4 Å². The van der Waals surface area contributed by atoms with Crippen molar-refractivity contribution in [2.45, 2.75) is 5.16 Å². The lowest BCUT2D eigenvalue weighted by Gasteiger charge is -2.04. The van der Waals surface area contributed by atoms with Gasteiger partial charge in [-0.2, -0.15) is 0 Å². The van der Waals surface area contributed by atoms with Crippen LogP contribution in [0.2, 0.25) is 10.3 Å². The van der Waals surface area contributed by atoms with Gasteiger partial charge in [0, 0.05) is 7.05 Å². The summed E-state index contributed by atoms with van der Waals surface area (Å²) in [6, 6.07) is 0. The highest BCUT2D eigenvalue weighted by atomic mass is 35.5. The summed E-state index contributed by atoms with van der Waals surface area (Å²) < 4.78 is 0. The van der Waals surface area contributed by atoms with Crippen molar-refractivity contribution in [3.63, 3.8) is 0 Å². The van der Waals surface area contributed by atoms with E-state index in [1.54, 1.807) is 6.26 Å². The second-order valence-corrected chi connectivity index (χ2v) is 3.74. The van der Waals surface area contributed by atoms with Crippen LogP contribution < -0.4 is 5.32 Å². The number of carbonyl (C=O) groups is 1. The molecule has 76 valence electrons. The molecule has 0 aliphatic heterocycles. The molecule has 1 heterocycles. The standard InChI is InChI=1S/C7H7Cl2N3OS/c1-10-6(13)3-4(8)11-7(14-2)12-5(3)9/h1-2H3,(H,10,13). The Morgan fingerprint density at radius 2 is 1.86 bits per heavy atom. The Hall–Kier alpha value is -0.520. The van der Waals surface area contributed by atoms with E-state index in [1.165, 1.54) is 18.8 Å². The monoisotopic (exact) mass is 251 g/mol. The molecular formula is C7H7Cl2N3OS. The van der Waals surface area contributed by atoms with E-state index in [-0.39, 0.29) is 15.9 Å². The van der Waals surface area contributed by atoms with E-state index in [2.05, 4.69) is 15.3 Å². The third-order valence-corrected chi connectivity index (χ3v) is 2.53. The molecule has 0 aliphatic rings. The van der Waals surface area contributed by atoms with Crippen LogP contribution in [0.3, 0.4) is 0 Å². The highest BCUT2D eigenvalue weighted by Crippen LogP contribution is 2.23. The zero-order chi connectivity index (χ0) is 10.7. The summed E-state index contributed by atoms with van der Waals surface area (Å²) in [6.07, 6.45) is 1.79. The van der Waals surface area contributed by atoms with E-state index in [4.69, 9.17) is 23.2 Å². The van der Waals surface area contributed by atoms with Crippen LogP contribution in [0.25, 0.3) is 0 Å². The maximum absolute atomic E-state index is 11.3. The molecule has 1 rings (SSSR count). The topological polar surface area (TPSA) is 54.9 Å². The third kappa shape index (κ3) is 2.29. The van der Waals surface area contributed by atoms with Crippen molar-refractivity contribution in [2.24, 2.45) is 0 Å². The van der Waals surface area contributed by atoms with Gasteiger partial charge in [-0.05, 0) is 6.26 Å². The Morgan fingerprint density at radius 1 is 1.36 bits per heavy atom. The molecule has 0 unspecified atom stereocenters. The molecule has 0 fully saturated rings. The number of rotatable bonds is 2. The smallest absolute Gasteiger partial charge is 0.257 e. The number of nitrogens with zero attached hydrogens (tertiary/aromatic N) is 2. The predicted molar refractivity (Wildman–Crippen MR) is 57.2 cm³/mol. The number of hydrogen-bond acceptors (Lipinski definition) is 4. The Labute approximate surface area is 95.4 Å². The molecule has 0 bridgehead atoms. The van der Waals surface area contributed by atoms with Crippen molar-refractivity contribution < 1.29 is 4.79 Å². The Bertz CT molecular complexity index is 349. The van der Waals surface area contributed by atoms with Gasteiger partial charge < -0.3 is 5.32 Å². The van der Waals surface area contributed by atoms with Gasteiger partial charge in [0.05, 0.1) is 0 Å². The summed E-state index contributed by atoms with van der Waals surface area (Å²) in [5, 5.41) is 2.97. The molecule has 7 heteroatoms. The summed E-state index contributed by atoms with van der Waals surface area (Å²) in [6.45, 7) is 0. The fourth-order valence-electron chi connectivity index (χ4n) is 0.794. The SMILES string of the molecule is CNC(=O)c1c(Cl)nc(SC)nc1Cl. The molecule has 0 aromatic carbocycles. The summed E-state index contributed by atoms with van der Waals surface area (Å²) in [7, 11) is 1.48. The van der Waals surface area contributed by atoms with Gasteiger partial charge in [0.2, 0.25) is 0 Å². The Morgan fingerprint density at radius 3 is 2.21 bits per heavy atom. The summed E-state index contributed by atoms with van der Waals surface area (Å²) in [5.74, 6) is -0.396. The molecule has 0 aliphatic carbocycles. The molecule has 1 N–H and O–H groups in total. The van der Waals surface area contributed by atoms with Gasteiger partial charge >= 0.3 is 0 Å². The van der Waals surface area contributed by atoms with Gasteiger partial charge in [0.15, 0.2) is 5.16 Å². The number of amides is 1. The van der Waals surface area contributed by atoms with E-state index in [1.807, 2.05) is 0 Å². The minimum Gasteiger partial charge on any atom is -0.355 e. The van der Waals surface area contributed by atoms with E-state index in [0.717, 1.165) is 0 Å². The highest BCUT2D eigenvalue weighted by molar-refractivity contribution is 7.98. The fraction of sp³-hybridized carbons (Fsp3) is 0.286. The molecule has 4 nitrogen and oxygen atoms in total.